The second-order valence-corrected chi connectivity index (χ2v) is 8.12. The molecular formula is C8H14O7S2. The van der Waals surface area contributed by atoms with Crippen LogP contribution in [0.4, 0.5) is 0 Å². The van der Waals surface area contributed by atoms with Crippen molar-refractivity contribution < 1.29 is 30.5 Å². The van der Waals surface area contributed by atoms with E-state index in [1.54, 1.807) is 0 Å². The summed E-state index contributed by atoms with van der Waals surface area (Å²) in [5.41, 5.74) is 0. The van der Waals surface area contributed by atoms with Gasteiger partial charge in [-0.25, -0.2) is 8.42 Å². The van der Waals surface area contributed by atoms with E-state index in [1.165, 1.54) is 0 Å². The molecule has 1 spiro atoms. The maximum Gasteiger partial charge on any atom is 0.264 e. The van der Waals surface area contributed by atoms with Crippen molar-refractivity contribution in [2.75, 3.05) is 31.0 Å². The first kappa shape index (κ1) is 13.2. The lowest BCUT2D eigenvalue weighted by Gasteiger charge is -2.20. The van der Waals surface area contributed by atoms with Crippen LogP contribution in [0.3, 0.4) is 0 Å². The van der Waals surface area contributed by atoms with Crippen molar-refractivity contribution in [3.63, 3.8) is 0 Å². The maximum absolute atomic E-state index is 11.3. The average Bonchev–Trinajstić information content (AvgIpc) is 2.67. The summed E-state index contributed by atoms with van der Waals surface area (Å²) in [5.74, 6) is -1.23. The van der Waals surface area contributed by atoms with Crippen LogP contribution in [0, 0.1) is 0 Å². The van der Waals surface area contributed by atoms with Crippen molar-refractivity contribution in [2.45, 2.75) is 18.3 Å². The first-order valence-electron chi connectivity index (χ1n) is 5.06. The molecule has 0 radical (unpaired) electrons. The van der Waals surface area contributed by atoms with Gasteiger partial charge in [0, 0.05) is 6.42 Å². The molecule has 0 saturated carbocycles. The summed E-state index contributed by atoms with van der Waals surface area (Å²) >= 11 is 0. The van der Waals surface area contributed by atoms with E-state index in [4.69, 9.17) is 9.47 Å². The molecule has 9 heteroatoms. The Bertz CT molecular complexity index is 494. The minimum Gasteiger partial charge on any atom is -0.346 e. The third-order valence-corrected chi connectivity index (χ3v) is 4.89. The average molecular weight is 286 g/mol. The summed E-state index contributed by atoms with van der Waals surface area (Å²) in [4.78, 5) is 0. The maximum atomic E-state index is 11.3. The summed E-state index contributed by atoms with van der Waals surface area (Å²) in [6.07, 6.45) is 0.682. The Morgan fingerprint density at radius 3 is 2.71 bits per heavy atom. The molecule has 7 nitrogen and oxygen atoms in total. The zero-order valence-electron chi connectivity index (χ0n) is 9.29. The van der Waals surface area contributed by atoms with Crippen molar-refractivity contribution >= 4 is 20.0 Å². The van der Waals surface area contributed by atoms with Crippen molar-refractivity contribution in [3.05, 3.63) is 0 Å². The second-order valence-electron chi connectivity index (χ2n) is 4.29. The van der Waals surface area contributed by atoms with Gasteiger partial charge in [-0.3, -0.25) is 4.18 Å². The lowest BCUT2D eigenvalue weighted by Crippen LogP contribution is -2.33. The van der Waals surface area contributed by atoms with Gasteiger partial charge in [-0.05, 0) is 0 Å². The zero-order chi connectivity index (χ0) is 12.7. The normalized spacial score (nSPS) is 36.6. The molecule has 0 aliphatic carbocycles. The molecule has 0 N–H and O–H groups in total. The Labute approximate surface area is 100 Å². The molecule has 100 valence electrons. The van der Waals surface area contributed by atoms with Crippen molar-refractivity contribution in [3.8, 4) is 0 Å². The highest BCUT2D eigenvalue weighted by molar-refractivity contribution is 7.91. The molecule has 2 heterocycles. The predicted octanol–water partition coefficient (Wildman–Crippen LogP) is -1.11. The van der Waals surface area contributed by atoms with Gasteiger partial charge in [-0.2, -0.15) is 8.42 Å². The standard InChI is InChI=1S/C8H14O7S2/c1-16(9,10)14-5-7-4-13-8(15-7)2-3-17(11,12)6-8/h7H,2-6H2,1H3. The number of hydrogen-bond donors (Lipinski definition) is 0. The van der Waals surface area contributed by atoms with Gasteiger partial charge in [-0.1, -0.05) is 0 Å². The monoisotopic (exact) mass is 286 g/mol. The van der Waals surface area contributed by atoms with Gasteiger partial charge in [0.05, 0.1) is 25.2 Å². The minimum atomic E-state index is -3.52. The van der Waals surface area contributed by atoms with Gasteiger partial charge >= 0.3 is 0 Å². The second kappa shape index (κ2) is 4.16. The fraction of sp³-hybridized carbons (Fsp3) is 1.00. The lowest BCUT2D eigenvalue weighted by atomic mass is 10.2. The number of hydrogen-bond acceptors (Lipinski definition) is 7. The Kier molecular flexibility index (Phi) is 3.24. The predicted molar refractivity (Wildman–Crippen MR) is 57.6 cm³/mol. The van der Waals surface area contributed by atoms with E-state index in [0.29, 0.717) is 0 Å². The van der Waals surface area contributed by atoms with E-state index >= 15 is 0 Å². The lowest BCUT2D eigenvalue weighted by molar-refractivity contribution is -0.149. The van der Waals surface area contributed by atoms with Crippen molar-refractivity contribution in [2.24, 2.45) is 0 Å². The molecule has 2 rings (SSSR count). The number of sulfone groups is 1. The molecule has 0 amide bonds. The highest BCUT2D eigenvalue weighted by Gasteiger charge is 2.50. The van der Waals surface area contributed by atoms with E-state index in [0.717, 1.165) is 6.26 Å². The zero-order valence-corrected chi connectivity index (χ0v) is 10.9. The molecule has 2 atom stereocenters. The Morgan fingerprint density at radius 2 is 2.18 bits per heavy atom. The van der Waals surface area contributed by atoms with Gasteiger partial charge in [-0.15, -0.1) is 0 Å². The van der Waals surface area contributed by atoms with Crippen LogP contribution in [-0.2, 0) is 33.6 Å². The summed E-state index contributed by atoms with van der Waals surface area (Å²) in [6, 6.07) is 0. The number of rotatable bonds is 3. The topological polar surface area (TPSA) is 96.0 Å². The Balaban J connectivity index is 1.92. The smallest absolute Gasteiger partial charge is 0.264 e. The van der Waals surface area contributed by atoms with Crippen molar-refractivity contribution in [1.29, 1.82) is 0 Å². The molecule has 2 aliphatic heterocycles. The van der Waals surface area contributed by atoms with Crippen LogP contribution in [0.1, 0.15) is 6.42 Å². The molecule has 2 unspecified atom stereocenters. The van der Waals surface area contributed by atoms with Crippen molar-refractivity contribution in [1.82, 2.24) is 0 Å². The largest absolute Gasteiger partial charge is 0.346 e. The van der Waals surface area contributed by atoms with E-state index in [2.05, 4.69) is 4.18 Å². The van der Waals surface area contributed by atoms with E-state index in [-0.39, 0.29) is 31.1 Å². The molecule has 0 aromatic rings. The quantitative estimate of drug-likeness (QED) is 0.607. The molecule has 0 aromatic carbocycles. The summed E-state index contributed by atoms with van der Waals surface area (Å²) in [5, 5.41) is 0. The molecule has 2 aliphatic rings. The van der Waals surface area contributed by atoms with E-state index in [1.807, 2.05) is 0 Å². The molecule has 0 aromatic heterocycles. The highest BCUT2D eigenvalue weighted by Crippen LogP contribution is 2.34. The highest BCUT2D eigenvalue weighted by atomic mass is 32.2. The summed E-state index contributed by atoms with van der Waals surface area (Å²) in [6.45, 7) is -0.00826. The van der Waals surface area contributed by atoms with Gasteiger partial charge < -0.3 is 9.47 Å². The van der Waals surface area contributed by atoms with Crippen LogP contribution >= 0.6 is 0 Å². The van der Waals surface area contributed by atoms with Crippen LogP contribution in [0.15, 0.2) is 0 Å². The van der Waals surface area contributed by atoms with Gasteiger partial charge in [0.1, 0.15) is 11.9 Å². The molecule has 2 saturated heterocycles. The Morgan fingerprint density at radius 1 is 1.47 bits per heavy atom. The number of ether oxygens (including phenoxy) is 2. The van der Waals surface area contributed by atoms with E-state index in [9.17, 15) is 16.8 Å². The van der Waals surface area contributed by atoms with Gasteiger partial charge in [0.25, 0.3) is 10.1 Å². The SMILES string of the molecule is CS(=O)(=O)OCC1COC2(CCS(=O)(=O)C2)O1. The summed E-state index contributed by atoms with van der Waals surface area (Å²) < 4.78 is 59.6. The fourth-order valence-electron chi connectivity index (χ4n) is 1.90. The van der Waals surface area contributed by atoms with Crippen LogP contribution in [0.2, 0.25) is 0 Å². The fourth-order valence-corrected chi connectivity index (χ4v) is 4.03. The van der Waals surface area contributed by atoms with Crippen LogP contribution in [-0.4, -0.2) is 59.7 Å². The molecular weight excluding hydrogens is 272 g/mol. The first-order valence-corrected chi connectivity index (χ1v) is 8.70. The minimum absolute atomic E-state index is 0.0344. The Hall–Kier alpha value is -0.220. The summed E-state index contributed by atoms with van der Waals surface area (Å²) in [7, 11) is -6.64. The van der Waals surface area contributed by atoms with Gasteiger partial charge in [0.2, 0.25) is 0 Å². The van der Waals surface area contributed by atoms with Gasteiger partial charge in [0.15, 0.2) is 15.6 Å². The molecule has 2 fully saturated rings. The molecule has 0 bridgehead atoms. The van der Waals surface area contributed by atoms with Crippen LogP contribution in [0.25, 0.3) is 0 Å². The third-order valence-electron chi connectivity index (χ3n) is 2.62. The van der Waals surface area contributed by atoms with Crippen LogP contribution < -0.4 is 0 Å². The molecule has 17 heavy (non-hydrogen) atoms. The third kappa shape index (κ3) is 3.38. The van der Waals surface area contributed by atoms with E-state index < -0.39 is 31.8 Å². The first-order chi connectivity index (χ1) is 7.70. The van der Waals surface area contributed by atoms with Crippen LogP contribution in [0.5, 0.6) is 0 Å².